The van der Waals surface area contributed by atoms with E-state index in [-0.39, 0.29) is 11.9 Å². The molecule has 1 atom stereocenters. The molecule has 0 saturated heterocycles. The first-order valence-electron chi connectivity index (χ1n) is 6.66. The summed E-state index contributed by atoms with van der Waals surface area (Å²) in [7, 11) is 0. The molecule has 0 amide bonds. The Kier molecular flexibility index (Phi) is 4.16. The van der Waals surface area contributed by atoms with Crippen LogP contribution in [0.2, 0.25) is 0 Å². The Morgan fingerprint density at radius 1 is 1.35 bits per heavy atom. The van der Waals surface area contributed by atoms with Crippen molar-refractivity contribution < 1.29 is 4.39 Å². The standard InChI is InChI=1S/C15H22FN/c1-11-6-7-14(16)9-13(11)10-15(17)8-12-4-2-3-5-12/h6-7,9,12,15H,2-5,8,10,17H2,1H3. The lowest BCUT2D eigenvalue weighted by Crippen LogP contribution is -2.25. The highest BCUT2D eigenvalue weighted by atomic mass is 19.1. The predicted octanol–water partition coefficient (Wildman–Crippen LogP) is 3.58. The minimum atomic E-state index is -0.154. The highest BCUT2D eigenvalue weighted by Gasteiger charge is 2.18. The third-order valence-corrected chi connectivity index (χ3v) is 3.90. The fraction of sp³-hybridized carbons (Fsp3) is 0.600. The molecule has 1 aliphatic rings. The summed E-state index contributed by atoms with van der Waals surface area (Å²) >= 11 is 0. The fourth-order valence-electron chi connectivity index (χ4n) is 2.90. The summed E-state index contributed by atoms with van der Waals surface area (Å²) < 4.78 is 13.2. The van der Waals surface area contributed by atoms with E-state index in [4.69, 9.17) is 5.73 Å². The molecule has 0 radical (unpaired) electrons. The van der Waals surface area contributed by atoms with Crippen molar-refractivity contribution in [3.63, 3.8) is 0 Å². The van der Waals surface area contributed by atoms with Crippen LogP contribution in [0.4, 0.5) is 4.39 Å². The normalized spacial score (nSPS) is 18.5. The molecule has 1 saturated carbocycles. The quantitative estimate of drug-likeness (QED) is 0.848. The Balaban J connectivity index is 1.92. The Bertz CT molecular complexity index is 369. The number of hydrogen-bond donors (Lipinski definition) is 1. The molecule has 1 fully saturated rings. The zero-order chi connectivity index (χ0) is 12.3. The smallest absolute Gasteiger partial charge is 0.123 e. The molecule has 2 rings (SSSR count). The van der Waals surface area contributed by atoms with Crippen LogP contribution in [0.5, 0.6) is 0 Å². The highest BCUT2D eigenvalue weighted by molar-refractivity contribution is 5.27. The van der Waals surface area contributed by atoms with Crippen molar-refractivity contribution in [2.75, 3.05) is 0 Å². The number of aryl methyl sites for hydroxylation is 1. The van der Waals surface area contributed by atoms with Crippen molar-refractivity contribution in [3.8, 4) is 0 Å². The van der Waals surface area contributed by atoms with Crippen LogP contribution < -0.4 is 5.73 Å². The summed E-state index contributed by atoms with van der Waals surface area (Å²) in [4.78, 5) is 0. The molecule has 1 aromatic carbocycles. The lowest BCUT2D eigenvalue weighted by atomic mass is 9.93. The molecular weight excluding hydrogens is 213 g/mol. The third kappa shape index (κ3) is 3.53. The first-order chi connectivity index (χ1) is 8.15. The van der Waals surface area contributed by atoms with Gasteiger partial charge < -0.3 is 5.73 Å². The van der Waals surface area contributed by atoms with Crippen LogP contribution in [0.3, 0.4) is 0 Å². The molecule has 1 unspecified atom stereocenters. The van der Waals surface area contributed by atoms with Crippen molar-refractivity contribution >= 4 is 0 Å². The lowest BCUT2D eigenvalue weighted by Gasteiger charge is -2.17. The van der Waals surface area contributed by atoms with Gasteiger partial charge in [0, 0.05) is 6.04 Å². The maximum absolute atomic E-state index is 13.2. The summed E-state index contributed by atoms with van der Waals surface area (Å²) in [5.41, 5.74) is 8.39. The lowest BCUT2D eigenvalue weighted by molar-refractivity contribution is 0.440. The number of hydrogen-bond acceptors (Lipinski definition) is 1. The number of rotatable bonds is 4. The second-order valence-electron chi connectivity index (χ2n) is 5.42. The summed E-state index contributed by atoms with van der Waals surface area (Å²) in [6, 6.07) is 5.16. The average molecular weight is 235 g/mol. The molecular formula is C15H22FN. The van der Waals surface area contributed by atoms with Gasteiger partial charge >= 0.3 is 0 Å². The van der Waals surface area contributed by atoms with Gasteiger partial charge in [-0.3, -0.25) is 0 Å². The van der Waals surface area contributed by atoms with E-state index in [9.17, 15) is 4.39 Å². The first-order valence-corrected chi connectivity index (χ1v) is 6.66. The Morgan fingerprint density at radius 3 is 2.76 bits per heavy atom. The van der Waals surface area contributed by atoms with Crippen LogP contribution in [0.15, 0.2) is 18.2 Å². The second-order valence-corrected chi connectivity index (χ2v) is 5.42. The van der Waals surface area contributed by atoms with Gasteiger partial charge in [-0.15, -0.1) is 0 Å². The van der Waals surface area contributed by atoms with Crippen LogP contribution in [-0.4, -0.2) is 6.04 Å². The number of halogens is 1. The summed E-state index contributed by atoms with van der Waals surface area (Å²) in [5.74, 6) is 0.650. The molecule has 0 spiro atoms. The van der Waals surface area contributed by atoms with Gasteiger partial charge in [0.2, 0.25) is 0 Å². The van der Waals surface area contributed by atoms with Crippen LogP contribution in [-0.2, 0) is 6.42 Å². The molecule has 0 bridgehead atoms. The summed E-state index contributed by atoms with van der Waals surface area (Å²) in [6.07, 6.45) is 7.27. The van der Waals surface area contributed by atoms with E-state index in [1.54, 1.807) is 6.07 Å². The Labute approximate surface area is 103 Å². The molecule has 0 heterocycles. The fourth-order valence-corrected chi connectivity index (χ4v) is 2.90. The van der Waals surface area contributed by atoms with E-state index < -0.39 is 0 Å². The van der Waals surface area contributed by atoms with E-state index in [0.29, 0.717) is 0 Å². The zero-order valence-electron chi connectivity index (χ0n) is 10.6. The van der Waals surface area contributed by atoms with Gasteiger partial charge in [0.1, 0.15) is 5.82 Å². The topological polar surface area (TPSA) is 26.0 Å². The van der Waals surface area contributed by atoms with Crippen molar-refractivity contribution in [3.05, 3.63) is 35.1 Å². The average Bonchev–Trinajstić information content (AvgIpc) is 2.76. The molecule has 1 aliphatic carbocycles. The summed E-state index contributed by atoms with van der Waals surface area (Å²) in [5, 5.41) is 0. The van der Waals surface area contributed by atoms with E-state index in [1.165, 1.54) is 31.7 Å². The Hall–Kier alpha value is -0.890. The highest BCUT2D eigenvalue weighted by Crippen LogP contribution is 2.29. The van der Waals surface area contributed by atoms with Gasteiger partial charge in [0.05, 0.1) is 0 Å². The minimum Gasteiger partial charge on any atom is -0.327 e. The van der Waals surface area contributed by atoms with E-state index in [2.05, 4.69) is 0 Å². The zero-order valence-corrected chi connectivity index (χ0v) is 10.6. The van der Waals surface area contributed by atoms with Crippen molar-refractivity contribution in [1.29, 1.82) is 0 Å². The third-order valence-electron chi connectivity index (χ3n) is 3.90. The van der Waals surface area contributed by atoms with Crippen molar-refractivity contribution in [1.82, 2.24) is 0 Å². The molecule has 2 N–H and O–H groups in total. The Morgan fingerprint density at radius 2 is 2.06 bits per heavy atom. The van der Waals surface area contributed by atoms with Gasteiger partial charge in [-0.25, -0.2) is 4.39 Å². The van der Waals surface area contributed by atoms with Gasteiger partial charge in [-0.1, -0.05) is 31.7 Å². The van der Waals surface area contributed by atoms with Gasteiger partial charge in [-0.05, 0) is 48.9 Å². The van der Waals surface area contributed by atoms with Gasteiger partial charge in [0.15, 0.2) is 0 Å². The van der Waals surface area contributed by atoms with Crippen LogP contribution in [0.25, 0.3) is 0 Å². The summed E-state index contributed by atoms with van der Waals surface area (Å²) in [6.45, 7) is 2.02. The van der Waals surface area contributed by atoms with Gasteiger partial charge in [0.25, 0.3) is 0 Å². The molecule has 2 heteroatoms. The van der Waals surface area contributed by atoms with Crippen LogP contribution in [0, 0.1) is 18.7 Å². The monoisotopic (exact) mass is 235 g/mol. The van der Waals surface area contributed by atoms with Crippen LogP contribution >= 0.6 is 0 Å². The second kappa shape index (κ2) is 5.63. The first kappa shape index (κ1) is 12.6. The van der Waals surface area contributed by atoms with Crippen molar-refractivity contribution in [2.24, 2.45) is 11.7 Å². The molecule has 0 aromatic heterocycles. The van der Waals surface area contributed by atoms with Crippen LogP contribution in [0.1, 0.15) is 43.2 Å². The largest absolute Gasteiger partial charge is 0.327 e. The van der Waals surface area contributed by atoms with E-state index in [1.807, 2.05) is 13.0 Å². The maximum atomic E-state index is 13.2. The number of nitrogens with two attached hydrogens (primary N) is 1. The SMILES string of the molecule is Cc1ccc(F)cc1CC(N)CC1CCCC1. The van der Waals surface area contributed by atoms with E-state index >= 15 is 0 Å². The predicted molar refractivity (Wildman–Crippen MR) is 69.4 cm³/mol. The molecule has 1 nitrogen and oxygen atoms in total. The minimum absolute atomic E-state index is 0.154. The molecule has 1 aromatic rings. The molecule has 17 heavy (non-hydrogen) atoms. The maximum Gasteiger partial charge on any atom is 0.123 e. The number of benzene rings is 1. The van der Waals surface area contributed by atoms with E-state index in [0.717, 1.165) is 29.9 Å². The molecule has 94 valence electrons. The van der Waals surface area contributed by atoms with Crippen molar-refractivity contribution in [2.45, 2.75) is 51.5 Å². The molecule has 0 aliphatic heterocycles. The van der Waals surface area contributed by atoms with Gasteiger partial charge in [-0.2, -0.15) is 0 Å².